The molecule has 0 aliphatic heterocycles. The van der Waals surface area contributed by atoms with Crippen molar-refractivity contribution in [1.82, 2.24) is 4.31 Å². The Bertz CT molecular complexity index is 1210. The highest BCUT2D eigenvalue weighted by atomic mass is 79.9. The maximum atomic E-state index is 13.4. The van der Waals surface area contributed by atoms with Crippen molar-refractivity contribution in [3.63, 3.8) is 0 Å². The molecular weight excluding hydrogens is 474 g/mol. The van der Waals surface area contributed by atoms with E-state index in [1.54, 1.807) is 0 Å². The van der Waals surface area contributed by atoms with Crippen LogP contribution in [0.1, 0.15) is 17.2 Å². The Labute approximate surface area is 180 Å². The summed E-state index contributed by atoms with van der Waals surface area (Å²) >= 11 is 3.53. The third-order valence-corrected chi connectivity index (χ3v) is 8.30. The van der Waals surface area contributed by atoms with E-state index in [0.29, 0.717) is 0 Å². The highest BCUT2D eigenvalue weighted by molar-refractivity contribution is 9.10. The van der Waals surface area contributed by atoms with Gasteiger partial charge in [-0.15, -0.1) is 0 Å². The molecule has 0 aliphatic rings. The van der Waals surface area contributed by atoms with Crippen LogP contribution in [0, 0.1) is 0 Å². The Hall–Kier alpha value is -2.00. The summed E-state index contributed by atoms with van der Waals surface area (Å²) in [5, 5.41) is 0. The fourth-order valence-corrected chi connectivity index (χ4v) is 5.54. The molecule has 0 saturated carbocycles. The molecule has 0 aromatic heterocycles. The van der Waals surface area contributed by atoms with E-state index >= 15 is 0 Å². The maximum Gasteiger partial charge on any atom is 0.243 e. The van der Waals surface area contributed by atoms with Crippen LogP contribution in [0.3, 0.4) is 0 Å². The lowest BCUT2D eigenvalue weighted by atomic mass is 9.99. The minimum Gasteiger partial charge on any atom is -0.224 e. The predicted octanol–water partition coefficient (Wildman–Crippen LogP) is 4.26. The third kappa shape index (κ3) is 4.61. The van der Waals surface area contributed by atoms with E-state index in [2.05, 4.69) is 15.9 Å². The topological polar surface area (TPSA) is 71.5 Å². The van der Waals surface area contributed by atoms with Crippen LogP contribution in [0.4, 0.5) is 0 Å². The van der Waals surface area contributed by atoms with Crippen LogP contribution < -0.4 is 0 Å². The summed E-state index contributed by atoms with van der Waals surface area (Å²) in [6.45, 7) is 0. The molecule has 3 aromatic rings. The minimum atomic E-state index is -3.90. The van der Waals surface area contributed by atoms with Gasteiger partial charge in [0.2, 0.25) is 10.0 Å². The van der Waals surface area contributed by atoms with E-state index < -0.39 is 25.9 Å². The molecule has 0 N–H and O–H groups in total. The number of sulfonamides is 1. The molecule has 1 atom stereocenters. The van der Waals surface area contributed by atoms with Crippen molar-refractivity contribution in [2.75, 3.05) is 13.3 Å². The van der Waals surface area contributed by atoms with Crippen molar-refractivity contribution < 1.29 is 16.8 Å². The molecule has 1 unspecified atom stereocenters. The van der Waals surface area contributed by atoms with Gasteiger partial charge < -0.3 is 0 Å². The molecule has 5 nitrogen and oxygen atoms in total. The van der Waals surface area contributed by atoms with Crippen molar-refractivity contribution in [1.29, 1.82) is 0 Å². The van der Waals surface area contributed by atoms with Gasteiger partial charge in [0, 0.05) is 17.8 Å². The first-order valence-corrected chi connectivity index (χ1v) is 12.8. The van der Waals surface area contributed by atoms with E-state index in [0.717, 1.165) is 21.9 Å². The van der Waals surface area contributed by atoms with E-state index in [-0.39, 0.29) is 9.79 Å². The Balaban J connectivity index is 2.10. The molecule has 0 saturated heterocycles. The van der Waals surface area contributed by atoms with Crippen LogP contribution in [0.5, 0.6) is 0 Å². The Kier molecular flexibility index (Phi) is 6.28. The lowest BCUT2D eigenvalue weighted by Gasteiger charge is -2.29. The second kappa shape index (κ2) is 8.39. The van der Waals surface area contributed by atoms with Gasteiger partial charge in [0.1, 0.15) is 0 Å². The zero-order valence-electron chi connectivity index (χ0n) is 15.9. The first kappa shape index (κ1) is 21.7. The van der Waals surface area contributed by atoms with Crippen molar-refractivity contribution >= 4 is 35.8 Å². The molecule has 152 valence electrons. The number of sulfone groups is 1. The van der Waals surface area contributed by atoms with Gasteiger partial charge in [0.05, 0.1) is 15.8 Å². The summed E-state index contributed by atoms with van der Waals surface area (Å²) < 4.78 is 52.2. The average Bonchev–Trinajstić information content (AvgIpc) is 2.70. The first-order chi connectivity index (χ1) is 13.6. The zero-order chi connectivity index (χ0) is 21.2. The average molecular weight is 494 g/mol. The number of hydrogen-bond donors (Lipinski definition) is 0. The van der Waals surface area contributed by atoms with E-state index in [4.69, 9.17) is 0 Å². The molecule has 8 heteroatoms. The number of hydrogen-bond acceptors (Lipinski definition) is 4. The van der Waals surface area contributed by atoms with Crippen molar-refractivity contribution in [2.24, 2.45) is 0 Å². The van der Waals surface area contributed by atoms with Crippen LogP contribution in [0.15, 0.2) is 93.1 Å². The van der Waals surface area contributed by atoms with Gasteiger partial charge in [-0.3, -0.25) is 0 Å². The highest BCUT2D eigenvalue weighted by Gasteiger charge is 2.31. The molecule has 3 aromatic carbocycles. The smallest absolute Gasteiger partial charge is 0.224 e. The van der Waals surface area contributed by atoms with Gasteiger partial charge in [0.15, 0.2) is 9.84 Å². The molecule has 0 heterocycles. The van der Waals surface area contributed by atoms with E-state index in [1.807, 2.05) is 54.6 Å². The van der Waals surface area contributed by atoms with Crippen molar-refractivity contribution in [2.45, 2.75) is 15.8 Å². The second-order valence-electron chi connectivity index (χ2n) is 6.60. The van der Waals surface area contributed by atoms with Gasteiger partial charge in [0.25, 0.3) is 0 Å². The third-order valence-electron chi connectivity index (χ3n) is 4.61. The van der Waals surface area contributed by atoms with Gasteiger partial charge in [-0.25, -0.2) is 16.8 Å². The summed E-state index contributed by atoms with van der Waals surface area (Å²) in [6.07, 6.45) is 1.08. The molecule has 3 rings (SSSR count). The Morgan fingerprint density at radius 3 is 1.83 bits per heavy atom. The highest BCUT2D eigenvalue weighted by Crippen LogP contribution is 2.35. The summed E-state index contributed by atoms with van der Waals surface area (Å²) in [6, 6.07) is 21.5. The van der Waals surface area contributed by atoms with Crippen LogP contribution in [0.25, 0.3) is 0 Å². The van der Waals surface area contributed by atoms with Gasteiger partial charge >= 0.3 is 0 Å². The Morgan fingerprint density at radius 1 is 0.759 bits per heavy atom. The number of benzene rings is 3. The number of rotatable bonds is 6. The second-order valence-corrected chi connectivity index (χ2v) is 11.5. The van der Waals surface area contributed by atoms with Gasteiger partial charge in [-0.2, -0.15) is 4.31 Å². The quantitative estimate of drug-likeness (QED) is 0.514. The summed E-state index contributed by atoms with van der Waals surface area (Å²) in [7, 11) is -5.78. The molecule has 0 spiro atoms. The molecule has 0 amide bonds. The van der Waals surface area contributed by atoms with Crippen LogP contribution in [-0.2, 0) is 19.9 Å². The summed E-state index contributed by atoms with van der Waals surface area (Å²) in [5.41, 5.74) is 1.62. The Morgan fingerprint density at radius 2 is 1.28 bits per heavy atom. The monoisotopic (exact) mass is 493 g/mol. The fraction of sp³-hybridized carbons (Fsp3) is 0.143. The SMILES string of the molecule is CN(C(c1ccccc1)c1ccccc1Br)S(=O)(=O)c1ccc(S(C)(=O)=O)cc1. The maximum absolute atomic E-state index is 13.4. The van der Waals surface area contributed by atoms with Crippen molar-refractivity contribution in [3.8, 4) is 0 Å². The fourth-order valence-electron chi connectivity index (χ4n) is 3.08. The van der Waals surface area contributed by atoms with Crippen LogP contribution >= 0.6 is 15.9 Å². The molecular formula is C21H20BrNO4S2. The molecule has 0 fully saturated rings. The number of nitrogens with zero attached hydrogens (tertiary/aromatic N) is 1. The molecule has 0 aliphatic carbocycles. The predicted molar refractivity (Wildman–Crippen MR) is 117 cm³/mol. The van der Waals surface area contributed by atoms with Crippen LogP contribution in [0.2, 0.25) is 0 Å². The number of halogens is 1. The lowest BCUT2D eigenvalue weighted by Crippen LogP contribution is -2.32. The lowest BCUT2D eigenvalue weighted by molar-refractivity contribution is 0.417. The van der Waals surface area contributed by atoms with Crippen molar-refractivity contribution in [3.05, 3.63) is 94.5 Å². The first-order valence-electron chi connectivity index (χ1n) is 8.70. The zero-order valence-corrected chi connectivity index (χ0v) is 19.1. The normalized spacial score (nSPS) is 13.4. The standard InChI is InChI=1S/C21H20BrNO4S2/c1-23(29(26,27)18-14-12-17(13-15-18)28(2,24)25)21(16-8-4-3-5-9-16)19-10-6-7-11-20(19)22/h3-15,21H,1-2H3. The molecule has 0 radical (unpaired) electrons. The molecule has 0 bridgehead atoms. The van der Waals surface area contributed by atoms with E-state index in [9.17, 15) is 16.8 Å². The van der Waals surface area contributed by atoms with Gasteiger partial charge in [-0.1, -0.05) is 64.5 Å². The summed E-state index contributed by atoms with van der Waals surface area (Å²) in [5.74, 6) is 0. The minimum absolute atomic E-state index is 0.0281. The molecule has 29 heavy (non-hydrogen) atoms. The van der Waals surface area contributed by atoms with E-state index in [1.165, 1.54) is 35.6 Å². The largest absolute Gasteiger partial charge is 0.243 e. The van der Waals surface area contributed by atoms with Gasteiger partial charge in [-0.05, 0) is 41.5 Å². The summed E-state index contributed by atoms with van der Waals surface area (Å²) in [4.78, 5) is 0.102. The van der Waals surface area contributed by atoms with Crippen LogP contribution in [-0.4, -0.2) is 34.4 Å².